The third-order valence-electron chi connectivity index (χ3n) is 7.07. The molecule has 0 saturated heterocycles. The third-order valence-corrected chi connectivity index (χ3v) is 7.07. The van der Waals surface area contributed by atoms with Gasteiger partial charge in [-0.3, -0.25) is 9.59 Å². The van der Waals surface area contributed by atoms with Crippen molar-refractivity contribution in [1.29, 1.82) is 0 Å². The zero-order valence-electron chi connectivity index (χ0n) is 23.5. The minimum Gasteiger partial charge on any atom is -0.444 e. The van der Waals surface area contributed by atoms with Crippen LogP contribution < -0.4 is 10.6 Å². The van der Waals surface area contributed by atoms with E-state index in [1.54, 1.807) is 32.6 Å². The summed E-state index contributed by atoms with van der Waals surface area (Å²) in [5, 5.41) is 7.83. The number of carbonyl (C=O) groups is 3. The Morgan fingerprint density at radius 3 is 2.23 bits per heavy atom. The first-order valence-electron chi connectivity index (χ1n) is 13.8. The number of amides is 3. The molecule has 7 heteroatoms. The molecule has 4 rings (SSSR count). The molecule has 3 aromatic rings. The van der Waals surface area contributed by atoms with Gasteiger partial charge in [0.15, 0.2) is 0 Å². The van der Waals surface area contributed by atoms with E-state index in [-0.39, 0.29) is 17.9 Å². The van der Waals surface area contributed by atoms with Crippen LogP contribution in [0.2, 0.25) is 0 Å². The van der Waals surface area contributed by atoms with Gasteiger partial charge in [0, 0.05) is 11.7 Å². The fourth-order valence-electron chi connectivity index (χ4n) is 4.80. The molecule has 0 radical (unpaired) electrons. The summed E-state index contributed by atoms with van der Waals surface area (Å²) < 4.78 is 5.37. The lowest BCUT2D eigenvalue weighted by Crippen LogP contribution is -2.56. The van der Waals surface area contributed by atoms with Gasteiger partial charge in [-0.25, -0.2) is 4.79 Å². The first-order chi connectivity index (χ1) is 18.6. The Balaban J connectivity index is 1.66. The number of fused-ring (bicyclic) bond motifs is 1. The number of benzene rings is 3. The standard InChI is InChI=1S/C32H39N3O4/c1-6-22-14-16-24(17-15-22)28(29(36)34-26-19-18-23-10-7-8-11-25(23)20-26)35(27-12-9-13-27)30(37)21(2)33-31(38)39-32(3,4)5/h7-8,10-11,14-21,27-28H,6,9,12-13H2,1-5H3,(H,33,38)(H,34,36). The van der Waals surface area contributed by atoms with Crippen LogP contribution in [0.25, 0.3) is 10.8 Å². The van der Waals surface area contributed by atoms with E-state index in [2.05, 4.69) is 17.6 Å². The maximum atomic E-state index is 14.0. The number of hydrogen-bond donors (Lipinski definition) is 2. The van der Waals surface area contributed by atoms with E-state index >= 15 is 0 Å². The van der Waals surface area contributed by atoms with Crippen molar-refractivity contribution in [3.05, 3.63) is 77.9 Å². The van der Waals surface area contributed by atoms with Gasteiger partial charge in [-0.05, 0) is 87.4 Å². The van der Waals surface area contributed by atoms with E-state index in [4.69, 9.17) is 4.74 Å². The maximum Gasteiger partial charge on any atom is 0.408 e. The monoisotopic (exact) mass is 529 g/mol. The first kappa shape index (κ1) is 28.1. The molecule has 2 N–H and O–H groups in total. The molecule has 1 saturated carbocycles. The Bertz CT molecular complexity index is 1330. The summed E-state index contributed by atoms with van der Waals surface area (Å²) in [5.74, 6) is -0.608. The van der Waals surface area contributed by atoms with Gasteiger partial charge < -0.3 is 20.3 Å². The molecule has 39 heavy (non-hydrogen) atoms. The molecule has 0 spiro atoms. The van der Waals surface area contributed by atoms with Crippen molar-refractivity contribution in [2.75, 3.05) is 5.32 Å². The quantitative estimate of drug-likeness (QED) is 0.355. The van der Waals surface area contributed by atoms with Crippen molar-refractivity contribution in [1.82, 2.24) is 10.2 Å². The molecule has 3 aromatic carbocycles. The van der Waals surface area contributed by atoms with Crippen LogP contribution in [0.15, 0.2) is 66.7 Å². The predicted molar refractivity (Wildman–Crippen MR) is 154 cm³/mol. The minimum atomic E-state index is -0.869. The number of nitrogens with zero attached hydrogens (tertiary/aromatic N) is 1. The Hall–Kier alpha value is -3.87. The molecule has 0 heterocycles. The van der Waals surface area contributed by atoms with E-state index in [0.29, 0.717) is 5.69 Å². The van der Waals surface area contributed by atoms with E-state index in [1.807, 2.05) is 66.7 Å². The average molecular weight is 530 g/mol. The Morgan fingerprint density at radius 1 is 0.974 bits per heavy atom. The summed E-state index contributed by atoms with van der Waals surface area (Å²) >= 11 is 0. The van der Waals surface area contributed by atoms with Crippen LogP contribution in [-0.2, 0) is 20.7 Å². The molecular weight excluding hydrogens is 490 g/mol. The number of rotatable bonds is 8. The van der Waals surface area contributed by atoms with Crippen molar-refractivity contribution in [2.24, 2.45) is 0 Å². The lowest BCUT2D eigenvalue weighted by atomic mass is 9.88. The van der Waals surface area contributed by atoms with Crippen molar-refractivity contribution in [3.8, 4) is 0 Å². The van der Waals surface area contributed by atoms with Crippen LogP contribution in [0.1, 0.15) is 71.0 Å². The van der Waals surface area contributed by atoms with Gasteiger partial charge >= 0.3 is 6.09 Å². The summed E-state index contributed by atoms with van der Waals surface area (Å²) in [6.45, 7) is 9.02. The second-order valence-corrected chi connectivity index (χ2v) is 11.2. The SMILES string of the molecule is CCc1ccc(C(C(=O)Nc2ccc3ccccc3c2)N(C(=O)C(C)NC(=O)OC(C)(C)C)C2CCC2)cc1. The van der Waals surface area contributed by atoms with E-state index in [0.717, 1.165) is 47.6 Å². The Labute approximate surface area is 230 Å². The third kappa shape index (κ3) is 6.96. The van der Waals surface area contributed by atoms with Crippen LogP contribution in [-0.4, -0.2) is 40.5 Å². The summed E-state index contributed by atoms with van der Waals surface area (Å²) in [5.41, 5.74) is 1.85. The number of nitrogens with one attached hydrogen (secondary N) is 2. The number of hydrogen-bond acceptors (Lipinski definition) is 4. The van der Waals surface area contributed by atoms with Crippen LogP contribution in [0.4, 0.5) is 10.5 Å². The number of aryl methyl sites for hydroxylation is 1. The van der Waals surface area contributed by atoms with Crippen LogP contribution in [0, 0.1) is 0 Å². The highest BCUT2D eigenvalue weighted by molar-refractivity contribution is 6.00. The van der Waals surface area contributed by atoms with Gasteiger partial charge in [0.05, 0.1) is 0 Å². The van der Waals surface area contributed by atoms with Gasteiger partial charge in [-0.2, -0.15) is 0 Å². The molecule has 7 nitrogen and oxygen atoms in total. The van der Waals surface area contributed by atoms with Gasteiger partial charge in [0.2, 0.25) is 5.91 Å². The molecule has 1 aliphatic carbocycles. The normalized spacial score (nSPS) is 15.1. The molecule has 0 aliphatic heterocycles. The lowest BCUT2D eigenvalue weighted by Gasteiger charge is -2.43. The second-order valence-electron chi connectivity index (χ2n) is 11.2. The van der Waals surface area contributed by atoms with Gasteiger partial charge in [0.1, 0.15) is 17.7 Å². The van der Waals surface area contributed by atoms with E-state index in [9.17, 15) is 14.4 Å². The Kier molecular flexibility index (Phi) is 8.58. The minimum absolute atomic E-state index is 0.0985. The maximum absolute atomic E-state index is 14.0. The van der Waals surface area contributed by atoms with Crippen molar-refractivity contribution in [3.63, 3.8) is 0 Å². The van der Waals surface area contributed by atoms with Crippen molar-refractivity contribution in [2.45, 2.75) is 84.0 Å². The highest BCUT2D eigenvalue weighted by Gasteiger charge is 2.41. The molecular formula is C32H39N3O4. The lowest BCUT2D eigenvalue weighted by molar-refractivity contribution is -0.145. The summed E-state index contributed by atoms with van der Waals surface area (Å²) in [7, 11) is 0. The first-order valence-corrected chi connectivity index (χ1v) is 13.8. The molecule has 0 aromatic heterocycles. The molecule has 0 bridgehead atoms. The smallest absolute Gasteiger partial charge is 0.408 e. The zero-order chi connectivity index (χ0) is 28.2. The fraction of sp³-hybridized carbons (Fsp3) is 0.406. The number of ether oxygens (including phenoxy) is 1. The van der Waals surface area contributed by atoms with E-state index in [1.165, 1.54) is 0 Å². The molecule has 206 valence electrons. The average Bonchev–Trinajstić information content (AvgIpc) is 2.86. The van der Waals surface area contributed by atoms with Gasteiger partial charge in [-0.15, -0.1) is 0 Å². The van der Waals surface area contributed by atoms with Crippen molar-refractivity contribution < 1.29 is 19.1 Å². The largest absolute Gasteiger partial charge is 0.444 e. The summed E-state index contributed by atoms with van der Waals surface area (Å²) in [4.78, 5) is 42.1. The summed E-state index contributed by atoms with van der Waals surface area (Å²) in [6, 6.07) is 19.8. The molecule has 2 atom stereocenters. The van der Waals surface area contributed by atoms with Gasteiger partial charge in [-0.1, -0.05) is 61.5 Å². The van der Waals surface area contributed by atoms with Crippen LogP contribution in [0.5, 0.6) is 0 Å². The van der Waals surface area contributed by atoms with Gasteiger partial charge in [0.25, 0.3) is 5.91 Å². The highest BCUT2D eigenvalue weighted by atomic mass is 16.6. The predicted octanol–water partition coefficient (Wildman–Crippen LogP) is 6.38. The molecule has 2 unspecified atom stereocenters. The Morgan fingerprint density at radius 2 is 1.64 bits per heavy atom. The number of alkyl carbamates (subject to hydrolysis) is 1. The fourth-order valence-corrected chi connectivity index (χ4v) is 4.80. The second kappa shape index (κ2) is 11.9. The number of carbonyl (C=O) groups excluding carboxylic acids is 3. The number of anilines is 1. The molecule has 1 fully saturated rings. The topological polar surface area (TPSA) is 87.7 Å². The highest BCUT2D eigenvalue weighted by Crippen LogP contribution is 2.34. The zero-order valence-corrected chi connectivity index (χ0v) is 23.5. The van der Waals surface area contributed by atoms with Crippen LogP contribution >= 0.6 is 0 Å². The molecule has 1 aliphatic rings. The molecule has 3 amide bonds. The van der Waals surface area contributed by atoms with Crippen LogP contribution in [0.3, 0.4) is 0 Å². The van der Waals surface area contributed by atoms with Crippen molar-refractivity contribution >= 4 is 34.4 Å². The van der Waals surface area contributed by atoms with E-state index < -0.39 is 23.8 Å². The summed E-state index contributed by atoms with van der Waals surface area (Å²) in [6.07, 6.45) is 2.79.